The molecule has 0 heterocycles. The number of amides is 1. The fraction of sp³-hybridized carbons (Fsp3) is 0.462. The van der Waals surface area contributed by atoms with Gasteiger partial charge in [0.25, 0.3) is 0 Å². The SMILES string of the molecule is CC(C)NC(=O)CN(C)S(=O)(=O)c1ccc(CN)cc1Cl. The van der Waals surface area contributed by atoms with Crippen LogP contribution < -0.4 is 11.1 Å². The van der Waals surface area contributed by atoms with E-state index < -0.39 is 10.0 Å². The molecule has 118 valence electrons. The maximum Gasteiger partial charge on any atom is 0.244 e. The summed E-state index contributed by atoms with van der Waals surface area (Å²) in [5.74, 6) is -0.370. The molecule has 8 heteroatoms. The molecular formula is C13H20ClN3O3S. The zero-order valence-electron chi connectivity index (χ0n) is 12.3. The Morgan fingerprint density at radius 3 is 2.52 bits per heavy atom. The van der Waals surface area contributed by atoms with Crippen LogP contribution in [0.2, 0.25) is 5.02 Å². The van der Waals surface area contributed by atoms with E-state index in [-0.39, 0.29) is 35.0 Å². The van der Waals surface area contributed by atoms with Crippen molar-refractivity contribution in [1.82, 2.24) is 9.62 Å². The van der Waals surface area contributed by atoms with E-state index in [2.05, 4.69) is 5.32 Å². The largest absolute Gasteiger partial charge is 0.353 e. The first-order valence-electron chi connectivity index (χ1n) is 6.42. The van der Waals surface area contributed by atoms with Crippen molar-refractivity contribution in [2.45, 2.75) is 31.3 Å². The van der Waals surface area contributed by atoms with E-state index in [9.17, 15) is 13.2 Å². The van der Waals surface area contributed by atoms with Crippen LogP contribution in [-0.4, -0.2) is 38.3 Å². The minimum absolute atomic E-state index is 0.0405. The molecule has 1 rings (SSSR count). The highest BCUT2D eigenvalue weighted by Crippen LogP contribution is 2.25. The molecule has 21 heavy (non-hydrogen) atoms. The number of benzene rings is 1. The summed E-state index contributed by atoms with van der Waals surface area (Å²) in [7, 11) is -2.49. The summed E-state index contributed by atoms with van der Waals surface area (Å²) in [5.41, 5.74) is 6.21. The number of carbonyl (C=O) groups is 1. The predicted octanol–water partition coefficient (Wildman–Crippen LogP) is 0.944. The van der Waals surface area contributed by atoms with E-state index in [1.54, 1.807) is 19.9 Å². The molecule has 0 saturated heterocycles. The number of sulfonamides is 1. The van der Waals surface area contributed by atoms with E-state index in [4.69, 9.17) is 17.3 Å². The summed E-state index contributed by atoms with van der Waals surface area (Å²) in [5, 5.41) is 2.73. The molecule has 0 aliphatic heterocycles. The van der Waals surface area contributed by atoms with Gasteiger partial charge in [0, 0.05) is 19.6 Å². The summed E-state index contributed by atoms with van der Waals surface area (Å²) in [6.45, 7) is 3.60. The molecule has 0 atom stereocenters. The van der Waals surface area contributed by atoms with Crippen molar-refractivity contribution >= 4 is 27.5 Å². The number of halogens is 1. The number of nitrogens with one attached hydrogen (secondary N) is 1. The smallest absolute Gasteiger partial charge is 0.244 e. The third-order valence-electron chi connectivity index (χ3n) is 2.74. The lowest BCUT2D eigenvalue weighted by atomic mass is 10.2. The highest BCUT2D eigenvalue weighted by Gasteiger charge is 2.25. The van der Waals surface area contributed by atoms with E-state index in [1.807, 2.05) is 0 Å². The summed E-state index contributed by atoms with van der Waals surface area (Å²) in [6.07, 6.45) is 0. The average molecular weight is 334 g/mol. The quantitative estimate of drug-likeness (QED) is 0.810. The van der Waals surface area contributed by atoms with E-state index in [0.717, 1.165) is 9.87 Å². The molecule has 3 N–H and O–H groups in total. The molecule has 0 aliphatic rings. The van der Waals surface area contributed by atoms with Crippen LogP contribution >= 0.6 is 11.6 Å². The van der Waals surface area contributed by atoms with Crippen LogP contribution in [0.5, 0.6) is 0 Å². The van der Waals surface area contributed by atoms with E-state index in [1.165, 1.54) is 19.2 Å². The monoisotopic (exact) mass is 333 g/mol. The number of carbonyl (C=O) groups excluding carboxylic acids is 1. The highest BCUT2D eigenvalue weighted by atomic mass is 35.5. The van der Waals surface area contributed by atoms with Crippen molar-refractivity contribution in [1.29, 1.82) is 0 Å². The van der Waals surface area contributed by atoms with Crippen molar-refractivity contribution in [3.8, 4) is 0 Å². The molecule has 1 aromatic rings. The van der Waals surface area contributed by atoms with Gasteiger partial charge in [-0.2, -0.15) is 4.31 Å². The Labute approximate surface area is 130 Å². The van der Waals surface area contributed by atoms with Crippen LogP contribution in [0.1, 0.15) is 19.4 Å². The molecule has 0 unspecified atom stereocenters. The Bertz CT molecular complexity index is 617. The molecule has 0 aliphatic carbocycles. The maximum absolute atomic E-state index is 12.4. The van der Waals surface area contributed by atoms with Gasteiger partial charge in [-0.05, 0) is 31.5 Å². The third-order valence-corrected chi connectivity index (χ3v) is 5.02. The molecule has 0 aromatic heterocycles. The minimum Gasteiger partial charge on any atom is -0.353 e. The zero-order valence-corrected chi connectivity index (χ0v) is 13.8. The number of rotatable bonds is 6. The van der Waals surface area contributed by atoms with Gasteiger partial charge in [0.2, 0.25) is 15.9 Å². The van der Waals surface area contributed by atoms with Crippen LogP contribution in [-0.2, 0) is 21.4 Å². The normalized spacial score (nSPS) is 12.0. The first kappa shape index (κ1) is 17.9. The van der Waals surface area contributed by atoms with Crippen LogP contribution in [0.25, 0.3) is 0 Å². The Morgan fingerprint density at radius 1 is 1.43 bits per heavy atom. The molecular weight excluding hydrogens is 314 g/mol. The Kier molecular flexibility index (Phi) is 6.15. The van der Waals surface area contributed by atoms with Crippen LogP contribution in [0.3, 0.4) is 0 Å². The van der Waals surface area contributed by atoms with Gasteiger partial charge in [0.1, 0.15) is 4.90 Å². The summed E-state index contributed by atoms with van der Waals surface area (Å²) in [4.78, 5) is 11.6. The summed E-state index contributed by atoms with van der Waals surface area (Å²) in [6, 6.07) is 4.45. The fourth-order valence-corrected chi connectivity index (χ4v) is 3.37. The molecule has 0 bridgehead atoms. The number of hydrogen-bond donors (Lipinski definition) is 2. The average Bonchev–Trinajstić information content (AvgIpc) is 2.36. The van der Waals surface area contributed by atoms with Gasteiger partial charge in [-0.25, -0.2) is 8.42 Å². The van der Waals surface area contributed by atoms with Crippen LogP contribution in [0.4, 0.5) is 0 Å². The Hall–Kier alpha value is -1.15. The molecule has 6 nitrogen and oxygen atoms in total. The van der Waals surface area contributed by atoms with Crippen molar-refractivity contribution in [2.75, 3.05) is 13.6 Å². The van der Waals surface area contributed by atoms with Gasteiger partial charge in [0.05, 0.1) is 11.6 Å². The van der Waals surface area contributed by atoms with Crippen LogP contribution in [0.15, 0.2) is 23.1 Å². The second-order valence-electron chi connectivity index (χ2n) is 4.95. The topological polar surface area (TPSA) is 92.5 Å². The number of hydrogen-bond acceptors (Lipinski definition) is 4. The van der Waals surface area contributed by atoms with Crippen molar-refractivity contribution in [2.24, 2.45) is 5.73 Å². The molecule has 1 aromatic carbocycles. The van der Waals surface area contributed by atoms with Crippen molar-refractivity contribution in [3.05, 3.63) is 28.8 Å². The van der Waals surface area contributed by atoms with E-state index in [0.29, 0.717) is 0 Å². The van der Waals surface area contributed by atoms with Gasteiger partial charge >= 0.3 is 0 Å². The first-order chi connectivity index (χ1) is 9.68. The number of likely N-dealkylation sites (N-methyl/N-ethyl adjacent to an activating group) is 1. The molecule has 0 saturated carbocycles. The minimum atomic E-state index is -3.83. The van der Waals surface area contributed by atoms with E-state index >= 15 is 0 Å². The highest BCUT2D eigenvalue weighted by molar-refractivity contribution is 7.89. The lowest BCUT2D eigenvalue weighted by Gasteiger charge is -2.18. The predicted molar refractivity (Wildman–Crippen MR) is 82.4 cm³/mol. The van der Waals surface area contributed by atoms with Gasteiger partial charge in [-0.15, -0.1) is 0 Å². The molecule has 0 spiro atoms. The Morgan fingerprint density at radius 2 is 2.05 bits per heavy atom. The summed E-state index contributed by atoms with van der Waals surface area (Å²) >= 11 is 6.00. The maximum atomic E-state index is 12.4. The fourth-order valence-electron chi connectivity index (χ4n) is 1.70. The van der Waals surface area contributed by atoms with Crippen LogP contribution in [0, 0.1) is 0 Å². The second kappa shape index (κ2) is 7.22. The van der Waals surface area contributed by atoms with Gasteiger partial charge in [-0.3, -0.25) is 4.79 Å². The van der Waals surface area contributed by atoms with Gasteiger partial charge in [0.15, 0.2) is 0 Å². The van der Waals surface area contributed by atoms with Gasteiger partial charge in [-0.1, -0.05) is 17.7 Å². The van der Waals surface area contributed by atoms with Crippen molar-refractivity contribution < 1.29 is 13.2 Å². The molecule has 0 radical (unpaired) electrons. The molecule has 0 fully saturated rings. The lowest BCUT2D eigenvalue weighted by molar-refractivity contribution is -0.121. The first-order valence-corrected chi connectivity index (χ1v) is 8.24. The number of nitrogens with zero attached hydrogens (tertiary/aromatic N) is 1. The standard InChI is InChI=1S/C13H20ClN3O3S/c1-9(2)16-13(18)8-17(3)21(19,20)12-5-4-10(7-15)6-11(12)14/h4-6,9H,7-8,15H2,1-3H3,(H,16,18). The Balaban J connectivity index is 2.97. The van der Waals surface area contributed by atoms with Crippen molar-refractivity contribution in [3.63, 3.8) is 0 Å². The zero-order chi connectivity index (χ0) is 16.2. The number of nitrogens with two attached hydrogens (primary N) is 1. The second-order valence-corrected chi connectivity index (χ2v) is 7.37. The molecule has 1 amide bonds. The summed E-state index contributed by atoms with van der Waals surface area (Å²) < 4.78 is 25.8. The third kappa shape index (κ3) is 4.67. The lowest BCUT2D eigenvalue weighted by Crippen LogP contribution is -2.40. The van der Waals surface area contributed by atoms with Gasteiger partial charge < -0.3 is 11.1 Å².